The summed E-state index contributed by atoms with van der Waals surface area (Å²) in [7, 11) is 2.75. The summed E-state index contributed by atoms with van der Waals surface area (Å²) in [5.74, 6) is 0.766. The van der Waals surface area contributed by atoms with Gasteiger partial charge < -0.3 is 29.2 Å². The fourth-order valence-corrected chi connectivity index (χ4v) is 5.04. The van der Waals surface area contributed by atoms with E-state index < -0.39 is 18.0 Å². The van der Waals surface area contributed by atoms with Crippen molar-refractivity contribution >= 4 is 40.2 Å². The average molecular weight is 523 g/mol. The predicted octanol–water partition coefficient (Wildman–Crippen LogP) is 3.91. The van der Waals surface area contributed by atoms with Crippen molar-refractivity contribution in [3.8, 4) is 11.5 Å². The second-order valence-electron chi connectivity index (χ2n) is 7.22. The van der Waals surface area contributed by atoms with Crippen LogP contribution in [0.2, 0.25) is 0 Å². The summed E-state index contributed by atoms with van der Waals surface area (Å²) >= 11 is 2.67. The van der Waals surface area contributed by atoms with Crippen LogP contribution in [-0.2, 0) is 15.2 Å². The molecular formula is C22H26N4O7S2. The quantitative estimate of drug-likeness (QED) is 0.352. The van der Waals surface area contributed by atoms with Crippen molar-refractivity contribution < 1.29 is 33.4 Å². The van der Waals surface area contributed by atoms with Crippen LogP contribution in [0.25, 0.3) is 0 Å². The number of rotatable bonds is 11. The fraction of sp³-hybridized carbons (Fsp3) is 0.409. The van der Waals surface area contributed by atoms with Crippen LogP contribution in [0.3, 0.4) is 0 Å². The van der Waals surface area contributed by atoms with E-state index in [1.165, 1.54) is 43.4 Å². The molecule has 0 amide bonds. The summed E-state index contributed by atoms with van der Waals surface area (Å²) < 4.78 is 20.5. The van der Waals surface area contributed by atoms with Gasteiger partial charge in [-0.25, -0.2) is 14.6 Å². The first kappa shape index (κ1) is 26.3. The average Bonchev–Trinajstić information content (AvgIpc) is 3.49. The Morgan fingerprint density at radius 1 is 1.26 bits per heavy atom. The highest BCUT2D eigenvalue weighted by Crippen LogP contribution is 2.36. The Hall–Kier alpha value is -3.32. The van der Waals surface area contributed by atoms with E-state index in [1.54, 1.807) is 26.2 Å². The molecule has 0 unspecified atom stereocenters. The van der Waals surface area contributed by atoms with Crippen molar-refractivity contribution in [1.82, 2.24) is 15.1 Å². The first-order valence-corrected chi connectivity index (χ1v) is 12.6. The van der Waals surface area contributed by atoms with Crippen LogP contribution in [0.4, 0.5) is 5.13 Å². The smallest absolute Gasteiger partial charge is 0.357 e. The Bertz CT molecular complexity index is 1190. The number of esters is 2. The molecule has 0 saturated carbocycles. The molecule has 0 aliphatic heterocycles. The van der Waals surface area contributed by atoms with Crippen LogP contribution >= 0.6 is 23.1 Å². The number of aromatic nitrogens is 3. The van der Waals surface area contributed by atoms with Gasteiger partial charge in [0.1, 0.15) is 17.5 Å². The van der Waals surface area contributed by atoms with Gasteiger partial charge in [-0.05, 0) is 20.8 Å². The number of anilines is 1. The zero-order valence-electron chi connectivity index (χ0n) is 19.9. The molecule has 2 heterocycles. The number of aromatic hydroxyl groups is 1. The predicted molar refractivity (Wildman–Crippen MR) is 130 cm³/mol. The van der Waals surface area contributed by atoms with Gasteiger partial charge in [-0.15, -0.1) is 11.3 Å². The van der Waals surface area contributed by atoms with E-state index in [0.717, 1.165) is 0 Å². The maximum atomic E-state index is 12.5. The summed E-state index contributed by atoms with van der Waals surface area (Å²) in [4.78, 5) is 33.0. The molecule has 0 aliphatic rings. The molecule has 0 spiro atoms. The number of carbonyl (C=O) groups excluding carboxylic acids is 2. The maximum Gasteiger partial charge on any atom is 0.357 e. The topological polar surface area (TPSA) is 146 Å². The van der Waals surface area contributed by atoms with Gasteiger partial charge in [0.2, 0.25) is 5.89 Å². The van der Waals surface area contributed by atoms with Crippen molar-refractivity contribution in [2.24, 2.45) is 0 Å². The van der Waals surface area contributed by atoms with Crippen LogP contribution in [0, 0.1) is 13.8 Å². The number of hydrogen-bond donors (Lipinski definition) is 2. The highest BCUT2D eigenvalue weighted by molar-refractivity contribution is 7.98. The van der Waals surface area contributed by atoms with E-state index in [0.29, 0.717) is 45.2 Å². The molecule has 2 N–H and O–H groups in total. The molecule has 3 aromatic rings. The monoisotopic (exact) mass is 522 g/mol. The number of carbonyl (C=O) groups is 2. The van der Waals surface area contributed by atoms with Crippen LogP contribution in [0.1, 0.15) is 56.7 Å². The Balaban J connectivity index is 1.80. The summed E-state index contributed by atoms with van der Waals surface area (Å²) in [5, 5.41) is 19.7. The SMILES string of the molecule is CCOC(=O)c1csc(N[C@@H](CSCc2c(O)cc(OC)c(C)c2C(=O)OC)c2nc(C)no2)n1. The Morgan fingerprint density at radius 3 is 2.66 bits per heavy atom. The first-order valence-electron chi connectivity index (χ1n) is 10.5. The lowest BCUT2D eigenvalue weighted by atomic mass is 10.0. The number of nitrogens with zero attached hydrogens (tertiary/aromatic N) is 3. The lowest BCUT2D eigenvalue weighted by Crippen LogP contribution is -2.15. The minimum Gasteiger partial charge on any atom is -0.507 e. The fourth-order valence-electron chi connectivity index (χ4n) is 3.23. The van der Waals surface area contributed by atoms with Gasteiger partial charge in [0, 0.05) is 34.1 Å². The van der Waals surface area contributed by atoms with E-state index in [4.69, 9.17) is 18.7 Å². The van der Waals surface area contributed by atoms with Gasteiger partial charge >= 0.3 is 11.9 Å². The van der Waals surface area contributed by atoms with Gasteiger partial charge in [0.25, 0.3) is 0 Å². The van der Waals surface area contributed by atoms with Crippen LogP contribution in [0.15, 0.2) is 16.0 Å². The highest BCUT2D eigenvalue weighted by atomic mass is 32.2. The van der Waals surface area contributed by atoms with E-state index in [2.05, 4.69) is 20.4 Å². The molecule has 0 bridgehead atoms. The molecule has 0 fully saturated rings. The molecule has 13 heteroatoms. The number of phenolic OH excluding ortho intramolecular Hbond substituents is 1. The number of aryl methyl sites for hydroxylation is 1. The van der Waals surface area contributed by atoms with Gasteiger partial charge in [-0.1, -0.05) is 5.16 Å². The van der Waals surface area contributed by atoms with Crippen molar-refractivity contribution in [1.29, 1.82) is 0 Å². The van der Waals surface area contributed by atoms with E-state index in [-0.39, 0.29) is 23.6 Å². The Kier molecular flexibility index (Phi) is 8.93. The van der Waals surface area contributed by atoms with Gasteiger partial charge in [-0.3, -0.25) is 0 Å². The normalized spacial score (nSPS) is 11.7. The summed E-state index contributed by atoms with van der Waals surface area (Å²) in [6, 6.07) is 1.02. The third-order valence-corrected chi connectivity index (χ3v) is 6.73. The second kappa shape index (κ2) is 11.9. The van der Waals surface area contributed by atoms with E-state index in [9.17, 15) is 14.7 Å². The molecule has 0 saturated heterocycles. The largest absolute Gasteiger partial charge is 0.507 e. The number of methoxy groups -OCH3 is 2. The van der Waals surface area contributed by atoms with Crippen LogP contribution < -0.4 is 10.1 Å². The lowest BCUT2D eigenvalue weighted by molar-refractivity contribution is 0.0519. The minimum absolute atomic E-state index is 0.0718. The molecule has 2 aromatic heterocycles. The molecule has 1 aromatic carbocycles. The Morgan fingerprint density at radius 2 is 2.03 bits per heavy atom. The van der Waals surface area contributed by atoms with Gasteiger partial charge in [0.05, 0.1) is 26.4 Å². The molecule has 0 radical (unpaired) electrons. The van der Waals surface area contributed by atoms with E-state index >= 15 is 0 Å². The lowest BCUT2D eigenvalue weighted by Gasteiger charge is -2.17. The minimum atomic E-state index is -0.566. The van der Waals surface area contributed by atoms with E-state index in [1.807, 2.05) is 0 Å². The molecule has 11 nitrogen and oxygen atoms in total. The van der Waals surface area contributed by atoms with Crippen molar-refractivity contribution in [2.75, 3.05) is 31.9 Å². The third-order valence-electron chi connectivity index (χ3n) is 4.89. The van der Waals surface area contributed by atoms with Crippen LogP contribution in [-0.4, -0.2) is 58.7 Å². The molecular weight excluding hydrogens is 496 g/mol. The molecule has 0 aliphatic carbocycles. The number of phenols is 1. The first-order chi connectivity index (χ1) is 16.8. The third kappa shape index (κ3) is 6.22. The molecule has 188 valence electrons. The van der Waals surface area contributed by atoms with Crippen molar-refractivity contribution in [3.05, 3.63) is 45.5 Å². The number of hydrogen-bond acceptors (Lipinski definition) is 13. The molecule has 1 atom stereocenters. The Labute approximate surface area is 210 Å². The summed E-state index contributed by atoms with van der Waals surface area (Å²) in [6.07, 6.45) is 0. The van der Waals surface area contributed by atoms with Gasteiger partial charge in [0.15, 0.2) is 16.6 Å². The standard InChI is InChI=1S/C22H26N4O7S2/c1-6-32-20(28)15-10-35-22(25-15)24-14(19-23-12(3)26-33-19)9-34-8-13-16(27)7-17(30-4)11(2)18(13)21(29)31-5/h7,10,14,27H,6,8-9H2,1-5H3,(H,24,25)/t14-/m0/s1. The summed E-state index contributed by atoms with van der Waals surface area (Å²) in [6.45, 7) is 5.42. The molecule has 35 heavy (non-hydrogen) atoms. The maximum absolute atomic E-state index is 12.5. The number of ether oxygens (including phenoxy) is 3. The zero-order valence-corrected chi connectivity index (χ0v) is 21.5. The number of thiazole rings is 1. The van der Waals surface area contributed by atoms with Gasteiger partial charge in [-0.2, -0.15) is 16.7 Å². The van der Waals surface area contributed by atoms with Crippen LogP contribution in [0.5, 0.6) is 11.5 Å². The molecule has 3 rings (SSSR count). The second-order valence-corrected chi connectivity index (χ2v) is 9.11. The number of benzene rings is 1. The number of nitrogens with one attached hydrogen (secondary N) is 1. The highest BCUT2D eigenvalue weighted by Gasteiger charge is 2.25. The zero-order chi connectivity index (χ0) is 25.5. The number of thioether (sulfide) groups is 1. The summed E-state index contributed by atoms with van der Waals surface area (Å²) in [5.41, 5.74) is 1.46. The van der Waals surface area contributed by atoms with Crippen molar-refractivity contribution in [2.45, 2.75) is 32.6 Å². The van der Waals surface area contributed by atoms with Crippen molar-refractivity contribution in [3.63, 3.8) is 0 Å².